The van der Waals surface area contributed by atoms with Crippen molar-refractivity contribution < 1.29 is 14.4 Å². The average molecular weight is 359 g/mol. The van der Waals surface area contributed by atoms with E-state index < -0.39 is 17.5 Å². The van der Waals surface area contributed by atoms with Gasteiger partial charge in [0.25, 0.3) is 11.8 Å². The van der Waals surface area contributed by atoms with Crippen molar-refractivity contribution in [3.05, 3.63) is 77.9 Å². The molecule has 134 valence electrons. The van der Waals surface area contributed by atoms with E-state index in [9.17, 15) is 14.4 Å². The van der Waals surface area contributed by atoms with E-state index in [0.29, 0.717) is 16.8 Å². The first-order valence-corrected chi connectivity index (χ1v) is 8.51. The van der Waals surface area contributed by atoms with Gasteiger partial charge in [0.1, 0.15) is 5.54 Å². The van der Waals surface area contributed by atoms with Gasteiger partial charge in [-0.05, 0) is 41.5 Å². The number of hydrogen-bond acceptors (Lipinski definition) is 3. The van der Waals surface area contributed by atoms with E-state index in [-0.39, 0.29) is 5.91 Å². The number of urea groups is 1. The molecule has 0 radical (unpaired) electrons. The number of hydrogen-bond donors (Lipinski definition) is 3. The highest BCUT2D eigenvalue weighted by Crippen LogP contribution is 2.27. The molecule has 27 heavy (non-hydrogen) atoms. The molecular weight excluding hydrogens is 342 g/mol. The number of benzene rings is 3. The minimum absolute atomic E-state index is 0.242. The Balaban J connectivity index is 1.65. The molecule has 1 unspecified atom stereocenters. The predicted molar refractivity (Wildman–Crippen MR) is 102 cm³/mol. The summed E-state index contributed by atoms with van der Waals surface area (Å²) < 4.78 is 0. The van der Waals surface area contributed by atoms with Crippen molar-refractivity contribution in [2.24, 2.45) is 0 Å². The van der Waals surface area contributed by atoms with Crippen molar-refractivity contribution in [2.45, 2.75) is 12.5 Å². The molecule has 1 aliphatic heterocycles. The van der Waals surface area contributed by atoms with Crippen LogP contribution in [0.4, 0.5) is 10.5 Å². The maximum Gasteiger partial charge on any atom is 0.322 e. The lowest BCUT2D eigenvalue weighted by molar-refractivity contribution is -0.123. The van der Waals surface area contributed by atoms with E-state index in [1.165, 1.54) is 0 Å². The van der Waals surface area contributed by atoms with Gasteiger partial charge in [0.15, 0.2) is 0 Å². The number of amides is 4. The summed E-state index contributed by atoms with van der Waals surface area (Å²) in [4.78, 5) is 36.4. The third-order valence-electron chi connectivity index (χ3n) is 4.78. The zero-order chi connectivity index (χ0) is 19.0. The molecule has 4 amide bonds. The van der Waals surface area contributed by atoms with Gasteiger partial charge in [-0.25, -0.2) is 4.79 Å². The third kappa shape index (κ3) is 2.91. The molecule has 0 aliphatic carbocycles. The van der Waals surface area contributed by atoms with Crippen molar-refractivity contribution in [3.8, 4) is 0 Å². The molecule has 6 nitrogen and oxygen atoms in total. The van der Waals surface area contributed by atoms with Crippen LogP contribution in [0.15, 0.2) is 66.7 Å². The number of imide groups is 1. The van der Waals surface area contributed by atoms with Crippen LogP contribution < -0.4 is 16.0 Å². The van der Waals surface area contributed by atoms with Crippen LogP contribution in [0.25, 0.3) is 10.8 Å². The molecule has 1 fully saturated rings. The quantitative estimate of drug-likeness (QED) is 0.628. The molecule has 3 N–H and O–H groups in total. The highest BCUT2D eigenvalue weighted by atomic mass is 16.2. The van der Waals surface area contributed by atoms with Crippen LogP contribution in [-0.2, 0) is 10.3 Å². The van der Waals surface area contributed by atoms with Gasteiger partial charge in [0.05, 0.1) is 0 Å². The highest BCUT2D eigenvalue weighted by molar-refractivity contribution is 6.13. The fourth-order valence-corrected chi connectivity index (χ4v) is 3.28. The summed E-state index contributed by atoms with van der Waals surface area (Å²) in [6.45, 7) is 1.62. The number of anilines is 1. The van der Waals surface area contributed by atoms with Crippen LogP contribution in [0.5, 0.6) is 0 Å². The van der Waals surface area contributed by atoms with Gasteiger partial charge in [0.2, 0.25) is 0 Å². The number of carbonyl (C=O) groups excluding carboxylic acids is 3. The maximum atomic E-state index is 12.8. The molecule has 3 aromatic carbocycles. The number of carbonyl (C=O) groups is 3. The second-order valence-corrected chi connectivity index (χ2v) is 6.59. The molecule has 0 bridgehead atoms. The Morgan fingerprint density at radius 3 is 2.48 bits per heavy atom. The minimum Gasteiger partial charge on any atom is -0.322 e. The van der Waals surface area contributed by atoms with Crippen molar-refractivity contribution in [1.29, 1.82) is 0 Å². The lowest BCUT2D eigenvalue weighted by Gasteiger charge is -2.21. The Bertz CT molecular complexity index is 1090. The van der Waals surface area contributed by atoms with E-state index in [2.05, 4.69) is 16.0 Å². The van der Waals surface area contributed by atoms with Gasteiger partial charge in [-0.15, -0.1) is 0 Å². The Hall–Kier alpha value is -3.67. The second kappa shape index (κ2) is 6.25. The van der Waals surface area contributed by atoms with E-state index in [0.717, 1.165) is 10.8 Å². The molecule has 1 heterocycles. The number of fused-ring (bicyclic) bond motifs is 1. The van der Waals surface area contributed by atoms with Gasteiger partial charge in [-0.2, -0.15) is 0 Å². The SMILES string of the molecule is CC1(c2cccc(NC(=O)c3cccc4ccccc34)c2)NC(=O)NC1=O. The van der Waals surface area contributed by atoms with Crippen LogP contribution in [0.3, 0.4) is 0 Å². The molecule has 0 saturated carbocycles. The summed E-state index contributed by atoms with van der Waals surface area (Å²) in [5, 5.41) is 9.58. The van der Waals surface area contributed by atoms with Crippen LogP contribution in [0, 0.1) is 0 Å². The number of nitrogens with one attached hydrogen (secondary N) is 3. The van der Waals surface area contributed by atoms with E-state index in [1.807, 2.05) is 36.4 Å². The summed E-state index contributed by atoms with van der Waals surface area (Å²) in [6.07, 6.45) is 0. The zero-order valence-corrected chi connectivity index (χ0v) is 14.6. The summed E-state index contributed by atoms with van der Waals surface area (Å²) in [7, 11) is 0. The summed E-state index contributed by atoms with van der Waals surface area (Å²) >= 11 is 0. The first-order chi connectivity index (χ1) is 13.0. The van der Waals surface area contributed by atoms with Crippen molar-refractivity contribution >= 4 is 34.3 Å². The molecule has 1 aliphatic rings. The molecule has 0 aromatic heterocycles. The molecule has 4 rings (SSSR count). The van der Waals surface area contributed by atoms with E-state index >= 15 is 0 Å². The van der Waals surface area contributed by atoms with Gasteiger partial charge < -0.3 is 10.6 Å². The second-order valence-electron chi connectivity index (χ2n) is 6.59. The van der Waals surface area contributed by atoms with E-state index in [4.69, 9.17) is 0 Å². The summed E-state index contributed by atoms with van der Waals surface area (Å²) in [6, 6.07) is 19.6. The Kier molecular flexibility index (Phi) is 3.88. The third-order valence-corrected chi connectivity index (χ3v) is 4.78. The minimum atomic E-state index is -1.17. The monoisotopic (exact) mass is 359 g/mol. The van der Waals surface area contributed by atoms with Gasteiger partial charge >= 0.3 is 6.03 Å². The van der Waals surface area contributed by atoms with Crippen molar-refractivity contribution in [1.82, 2.24) is 10.6 Å². The topological polar surface area (TPSA) is 87.3 Å². The Morgan fingerprint density at radius 2 is 1.70 bits per heavy atom. The standard InChI is InChI=1S/C21H17N3O3/c1-21(19(26)23-20(27)24-21)14-8-5-9-15(12-14)22-18(25)17-11-4-7-13-6-2-3-10-16(13)17/h2-12H,1H3,(H,22,25)(H2,23,24,26,27). The summed E-state index contributed by atoms with van der Waals surface area (Å²) in [5.74, 6) is -0.668. The average Bonchev–Trinajstić information content (AvgIpc) is 2.94. The summed E-state index contributed by atoms with van der Waals surface area (Å²) in [5.41, 5.74) is 0.524. The van der Waals surface area contributed by atoms with Crippen LogP contribution in [0.1, 0.15) is 22.8 Å². The normalized spacial score (nSPS) is 18.9. The molecule has 1 saturated heterocycles. The van der Waals surface area contributed by atoms with Crippen LogP contribution in [-0.4, -0.2) is 17.8 Å². The fraction of sp³-hybridized carbons (Fsp3) is 0.0952. The highest BCUT2D eigenvalue weighted by Gasteiger charge is 2.43. The molecule has 1 atom stereocenters. The first kappa shape index (κ1) is 16.8. The predicted octanol–water partition coefficient (Wildman–Crippen LogP) is 3.15. The molecule has 0 spiro atoms. The first-order valence-electron chi connectivity index (χ1n) is 8.51. The molecule has 6 heteroatoms. The van der Waals surface area contributed by atoms with Crippen LogP contribution >= 0.6 is 0 Å². The van der Waals surface area contributed by atoms with E-state index in [1.54, 1.807) is 37.3 Å². The Labute approximate surface area is 155 Å². The smallest absolute Gasteiger partial charge is 0.322 e. The molecular formula is C21H17N3O3. The number of rotatable bonds is 3. The zero-order valence-electron chi connectivity index (χ0n) is 14.6. The Morgan fingerprint density at radius 1 is 0.963 bits per heavy atom. The van der Waals surface area contributed by atoms with Gasteiger partial charge in [-0.1, -0.05) is 48.5 Å². The van der Waals surface area contributed by atoms with Crippen molar-refractivity contribution in [3.63, 3.8) is 0 Å². The largest absolute Gasteiger partial charge is 0.322 e. The lowest BCUT2D eigenvalue weighted by Crippen LogP contribution is -2.40. The lowest BCUT2D eigenvalue weighted by atomic mass is 9.92. The van der Waals surface area contributed by atoms with Crippen LogP contribution in [0.2, 0.25) is 0 Å². The fourth-order valence-electron chi connectivity index (χ4n) is 3.28. The van der Waals surface area contributed by atoms with Gasteiger partial charge in [0, 0.05) is 11.3 Å². The van der Waals surface area contributed by atoms with Crippen molar-refractivity contribution in [2.75, 3.05) is 5.32 Å². The van der Waals surface area contributed by atoms with Gasteiger partial charge in [-0.3, -0.25) is 14.9 Å². The maximum absolute atomic E-state index is 12.8. The molecule has 3 aromatic rings.